The Kier molecular flexibility index (Phi) is 3.41. The van der Waals surface area contributed by atoms with Crippen molar-refractivity contribution in [2.24, 2.45) is 0 Å². The molecule has 0 fully saturated rings. The van der Waals surface area contributed by atoms with Crippen LogP contribution in [-0.4, -0.2) is 0 Å². The normalized spacial score (nSPS) is 10.8. The summed E-state index contributed by atoms with van der Waals surface area (Å²) in [4.78, 5) is 0. The van der Waals surface area contributed by atoms with E-state index in [2.05, 4.69) is 12.1 Å². The summed E-state index contributed by atoms with van der Waals surface area (Å²) in [5.41, 5.74) is 18.4. The van der Waals surface area contributed by atoms with Gasteiger partial charge in [-0.25, -0.2) is 0 Å². The molecule has 0 bridgehead atoms. The molecule has 0 aliphatic heterocycles. The van der Waals surface area contributed by atoms with Gasteiger partial charge in [0.2, 0.25) is 0 Å². The zero-order chi connectivity index (χ0) is 10.4. The molecule has 3 rings (SSSR count). The van der Waals surface area contributed by atoms with Gasteiger partial charge >= 0.3 is 0 Å². The maximum Gasteiger partial charge on any atom is 0.0317 e. The van der Waals surface area contributed by atoms with E-state index in [0.29, 0.717) is 0 Å². The highest BCUT2D eigenvalue weighted by molar-refractivity contribution is 5.79. The molecule has 4 nitrogen and oxygen atoms in total. The molecule has 0 heterocycles. The van der Waals surface area contributed by atoms with Crippen LogP contribution >= 0.6 is 0 Å². The lowest BCUT2D eigenvalue weighted by atomic mass is 10.1. The fraction of sp³-hybridized carbons (Fsp3) is 0.0769. The van der Waals surface area contributed by atoms with Gasteiger partial charge in [-0.15, -0.1) is 0 Å². The van der Waals surface area contributed by atoms with Crippen LogP contribution in [0.15, 0.2) is 36.4 Å². The molecule has 17 heavy (non-hydrogen) atoms. The standard InChI is InChI=1S/C13H12N2.2H3N/c14-10-1-3-12-8(6-10)5-9-7-11(15)2-4-13(9)12;;/h1-4,6-7H,5,14-15H2;2*1H3. The average Bonchev–Trinajstić information content (AvgIpc) is 2.53. The molecule has 0 unspecified atom stereocenters. The molecule has 0 atom stereocenters. The zero-order valence-corrected chi connectivity index (χ0v) is 9.74. The number of benzene rings is 2. The lowest BCUT2D eigenvalue weighted by molar-refractivity contribution is 1.27. The molecular formula is C13H18N4. The molecule has 2 aromatic rings. The van der Waals surface area contributed by atoms with Crippen LogP contribution in [0, 0.1) is 0 Å². The van der Waals surface area contributed by atoms with Crippen molar-refractivity contribution < 1.29 is 0 Å². The first-order valence-corrected chi connectivity index (χ1v) is 5.01. The van der Waals surface area contributed by atoms with Crippen molar-refractivity contribution in [3.63, 3.8) is 0 Å². The van der Waals surface area contributed by atoms with Crippen molar-refractivity contribution in [2.45, 2.75) is 6.42 Å². The number of hydrogen-bond donors (Lipinski definition) is 4. The summed E-state index contributed by atoms with van der Waals surface area (Å²) in [5, 5.41) is 0. The number of nitrogen functional groups attached to an aromatic ring is 2. The topological polar surface area (TPSA) is 122 Å². The van der Waals surface area contributed by atoms with Crippen LogP contribution in [0.5, 0.6) is 0 Å². The van der Waals surface area contributed by atoms with Gasteiger partial charge in [0.15, 0.2) is 0 Å². The van der Waals surface area contributed by atoms with Crippen LogP contribution < -0.4 is 23.8 Å². The lowest BCUT2D eigenvalue weighted by Gasteiger charge is -2.01. The number of anilines is 2. The first kappa shape index (κ1) is 13.0. The van der Waals surface area contributed by atoms with Crippen molar-refractivity contribution in [1.29, 1.82) is 0 Å². The predicted molar refractivity (Wildman–Crippen MR) is 73.6 cm³/mol. The predicted octanol–water partition coefficient (Wildman–Crippen LogP) is 2.75. The van der Waals surface area contributed by atoms with E-state index < -0.39 is 0 Å². The molecule has 1 aliphatic rings. The molecule has 0 radical (unpaired) electrons. The van der Waals surface area contributed by atoms with Gasteiger partial charge in [0, 0.05) is 11.4 Å². The minimum atomic E-state index is 0. The minimum absolute atomic E-state index is 0. The van der Waals surface area contributed by atoms with Gasteiger partial charge in [-0.05, 0) is 52.9 Å². The number of rotatable bonds is 0. The van der Waals surface area contributed by atoms with E-state index in [0.717, 1.165) is 17.8 Å². The fourth-order valence-electron chi connectivity index (χ4n) is 2.25. The lowest BCUT2D eigenvalue weighted by Crippen LogP contribution is -1.87. The zero-order valence-electron chi connectivity index (χ0n) is 9.74. The molecule has 0 saturated carbocycles. The van der Waals surface area contributed by atoms with E-state index in [1.807, 2.05) is 24.3 Å². The summed E-state index contributed by atoms with van der Waals surface area (Å²) in [6.07, 6.45) is 0.945. The summed E-state index contributed by atoms with van der Waals surface area (Å²) in [5.74, 6) is 0. The van der Waals surface area contributed by atoms with E-state index >= 15 is 0 Å². The number of nitrogens with two attached hydrogens (primary N) is 2. The van der Waals surface area contributed by atoms with Crippen LogP contribution in [-0.2, 0) is 6.42 Å². The largest absolute Gasteiger partial charge is 0.399 e. The van der Waals surface area contributed by atoms with Gasteiger partial charge in [0.05, 0.1) is 0 Å². The highest BCUT2D eigenvalue weighted by Crippen LogP contribution is 2.38. The molecule has 0 saturated heterocycles. The van der Waals surface area contributed by atoms with E-state index in [1.165, 1.54) is 22.3 Å². The fourth-order valence-corrected chi connectivity index (χ4v) is 2.25. The van der Waals surface area contributed by atoms with E-state index in [9.17, 15) is 0 Å². The van der Waals surface area contributed by atoms with Gasteiger partial charge in [-0.1, -0.05) is 12.1 Å². The van der Waals surface area contributed by atoms with Crippen LogP contribution in [0.1, 0.15) is 11.1 Å². The smallest absolute Gasteiger partial charge is 0.0317 e. The van der Waals surface area contributed by atoms with Crippen molar-refractivity contribution in [3.05, 3.63) is 47.5 Å². The highest BCUT2D eigenvalue weighted by atomic mass is 14.6. The van der Waals surface area contributed by atoms with Crippen LogP contribution in [0.2, 0.25) is 0 Å². The number of fused-ring (bicyclic) bond motifs is 3. The summed E-state index contributed by atoms with van der Waals surface area (Å²) in [6.45, 7) is 0. The maximum absolute atomic E-state index is 5.77. The van der Waals surface area contributed by atoms with Gasteiger partial charge < -0.3 is 23.8 Å². The Morgan fingerprint density at radius 3 is 1.53 bits per heavy atom. The third-order valence-corrected chi connectivity index (χ3v) is 2.93. The Labute approximate surface area is 101 Å². The molecule has 10 N–H and O–H groups in total. The van der Waals surface area contributed by atoms with Crippen molar-refractivity contribution in [2.75, 3.05) is 11.5 Å². The Hall–Kier alpha value is -2.04. The second-order valence-electron chi connectivity index (χ2n) is 4.01. The Morgan fingerprint density at radius 2 is 1.12 bits per heavy atom. The van der Waals surface area contributed by atoms with E-state index in [-0.39, 0.29) is 12.3 Å². The molecular weight excluding hydrogens is 212 g/mol. The maximum atomic E-state index is 5.77. The first-order chi connectivity index (χ1) is 7.24. The molecule has 1 aliphatic carbocycles. The third kappa shape index (κ3) is 1.95. The molecule has 0 spiro atoms. The number of hydrogen-bond acceptors (Lipinski definition) is 4. The monoisotopic (exact) mass is 230 g/mol. The Balaban J connectivity index is 0.000000722. The molecule has 2 aromatic carbocycles. The van der Waals surface area contributed by atoms with E-state index in [4.69, 9.17) is 11.5 Å². The van der Waals surface area contributed by atoms with Gasteiger partial charge in [-0.3, -0.25) is 0 Å². The molecule has 0 aromatic heterocycles. The quantitative estimate of drug-likeness (QED) is 0.443. The van der Waals surface area contributed by atoms with Crippen molar-refractivity contribution in [1.82, 2.24) is 12.3 Å². The van der Waals surface area contributed by atoms with Crippen LogP contribution in [0.3, 0.4) is 0 Å². The first-order valence-electron chi connectivity index (χ1n) is 5.01. The van der Waals surface area contributed by atoms with Gasteiger partial charge in [0.25, 0.3) is 0 Å². The van der Waals surface area contributed by atoms with Crippen LogP contribution in [0.4, 0.5) is 11.4 Å². The Morgan fingerprint density at radius 1 is 0.706 bits per heavy atom. The summed E-state index contributed by atoms with van der Waals surface area (Å²) in [6, 6.07) is 12.2. The van der Waals surface area contributed by atoms with E-state index in [1.54, 1.807) is 0 Å². The van der Waals surface area contributed by atoms with Crippen molar-refractivity contribution >= 4 is 11.4 Å². The summed E-state index contributed by atoms with van der Waals surface area (Å²) in [7, 11) is 0. The van der Waals surface area contributed by atoms with Gasteiger partial charge in [0.1, 0.15) is 0 Å². The third-order valence-electron chi connectivity index (χ3n) is 2.93. The second-order valence-corrected chi connectivity index (χ2v) is 4.01. The minimum Gasteiger partial charge on any atom is -0.399 e. The molecule has 90 valence electrons. The van der Waals surface area contributed by atoms with Gasteiger partial charge in [-0.2, -0.15) is 0 Å². The molecule has 4 heteroatoms. The highest BCUT2D eigenvalue weighted by Gasteiger charge is 2.17. The summed E-state index contributed by atoms with van der Waals surface area (Å²) < 4.78 is 0. The summed E-state index contributed by atoms with van der Waals surface area (Å²) >= 11 is 0. The average molecular weight is 230 g/mol. The second kappa shape index (κ2) is 4.45. The van der Waals surface area contributed by atoms with Crippen LogP contribution in [0.25, 0.3) is 11.1 Å². The Bertz CT molecular complexity index is 500. The molecule has 0 amide bonds. The SMILES string of the molecule is N.N.Nc1ccc2c(c1)Cc1cc(N)ccc1-2. The van der Waals surface area contributed by atoms with Crippen molar-refractivity contribution in [3.8, 4) is 11.1 Å².